The van der Waals surface area contributed by atoms with Gasteiger partial charge in [-0.25, -0.2) is 0 Å². The molecular formula is C71H53NSi. The Morgan fingerprint density at radius 2 is 0.795 bits per heavy atom. The van der Waals surface area contributed by atoms with Crippen LogP contribution in [0.4, 0.5) is 17.1 Å². The maximum Gasteiger partial charge on any atom is 0.180 e. The van der Waals surface area contributed by atoms with E-state index in [0.29, 0.717) is 0 Å². The van der Waals surface area contributed by atoms with Gasteiger partial charge in [0.15, 0.2) is 8.07 Å². The van der Waals surface area contributed by atoms with E-state index in [-0.39, 0.29) is 10.8 Å². The van der Waals surface area contributed by atoms with Crippen molar-refractivity contribution >= 4 is 45.9 Å². The number of anilines is 3. The summed E-state index contributed by atoms with van der Waals surface area (Å²) in [5.74, 6) is 0. The highest BCUT2D eigenvalue weighted by atomic mass is 28.3. The van der Waals surface area contributed by atoms with Crippen LogP contribution in [0, 0.1) is 0 Å². The molecule has 2 heteroatoms. The number of fused-ring (bicyclic) bond motifs is 9. The van der Waals surface area contributed by atoms with Gasteiger partial charge in [0.25, 0.3) is 0 Å². The van der Waals surface area contributed by atoms with Gasteiger partial charge >= 0.3 is 0 Å². The summed E-state index contributed by atoms with van der Waals surface area (Å²) >= 11 is 0. The third-order valence-corrected chi connectivity index (χ3v) is 21.7. The van der Waals surface area contributed by atoms with Gasteiger partial charge in [0.2, 0.25) is 0 Å². The fourth-order valence-electron chi connectivity index (χ4n) is 13.4. The monoisotopic (exact) mass is 947 g/mol. The second kappa shape index (κ2) is 16.5. The molecule has 1 aliphatic heterocycles. The van der Waals surface area contributed by atoms with Gasteiger partial charge < -0.3 is 4.90 Å². The summed E-state index contributed by atoms with van der Waals surface area (Å²) in [5.41, 5.74) is 22.3. The molecule has 11 aromatic carbocycles. The van der Waals surface area contributed by atoms with Crippen molar-refractivity contribution in [3.63, 3.8) is 0 Å². The number of rotatable bonds is 8. The molecule has 11 aromatic rings. The molecule has 14 rings (SSSR count). The van der Waals surface area contributed by atoms with E-state index in [1.807, 2.05) is 0 Å². The first-order valence-corrected chi connectivity index (χ1v) is 27.7. The van der Waals surface area contributed by atoms with Crippen molar-refractivity contribution in [2.75, 3.05) is 4.90 Å². The van der Waals surface area contributed by atoms with Gasteiger partial charge in [-0.1, -0.05) is 244 Å². The Labute approximate surface area is 430 Å². The zero-order chi connectivity index (χ0) is 48.9. The molecule has 0 bridgehead atoms. The van der Waals surface area contributed by atoms with Crippen molar-refractivity contribution < 1.29 is 0 Å². The Morgan fingerprint density at radius 3 is 1.47 bits per heavy atom. The predicted octanol–water partition coefficient (Wildman–Crippen LogP) is 15.5. The lowest BCUT2D eigenvalue weighted by Crippen LogP contribution is -2.72. The smallest absolute Gasteiger partial charge is 0.180 e. The highest BCUT2D eigenvalue weighted by Crippen LogP contribution is 2.55. The second-order valence-corrected chi connectivity index (χ2v) is 24.6. The van der Waals surface area contributed by atoms with Crippen molar-refractivity contribution in [3.05, 3.63) is 295 Å². The van der Waals surface area contributed by atoms with E-state index in [9.17, 15) is 0 Å². The maximum atomic E-state index is 2.53. The summed E-state index contributed by atoms with van der Waals surface area (Å²) in [6, 6.07) is 101. The molecule has 3 aliphatic rings. The molecule has 1 nitrogen and oxygen atoms in total. The normalized spacial score (nSPS) is 14.6. The van der Waals surface area contributed by atoms with Crippen LogP contribution in [0.3, 0.4) is 0 Å². The summed E-state index contributed by atoms with van der Waals surface area (Å²) in [4.78, 5) is 2.53. The third kappa shape index (κ3) is 6.33. The highest BCUT2D eigenvalue weighted by molar-refractivity contribution is 7.22. The minimum Gasteiger partial charge on any atom is -0.310 e. The van der Waals surface area contributed by atoms with Crippen LogP contribution in [0.25, 0.3) is 55.6 Å². The minimum absolute atomic E-state index is 0.169. The second-order valence-electron chi connectivity index (χ2n) is 20.9. The van der Waals surface area contributed by atoms with Crippen molar-refractivity contribution in [1.29, 1.82) is 0 Å². The van der Waals surface area contributed by atoms with Crippen LogP contribution in [-0.4, -0.2) is 8.07 Å². The fourth-order valence-corrected chi connectivity index (χ4v) is 18.6. The van der Waals surface area contributed by atoms with Gasteiger partial charge in [-0.2, -0.15) is 0 Å². The van der Waals surface area contributed by atoms with Gasteiger partial charge in [-0.15, -0.1) is 0 Å². The Balaban J connectivity index is 0.980. The van der Waals surface area contributed by atoms with Crippen LogP contribution >= 0.6 is 0 Å². The zero-order valence-electron chi connectivity index (χ0n) is 41.4. The van der Waals surface area contributed by atoms with E-state index < -0.39 is 8.07 Å². The summed E-state index contributed by atoms with van der Waals surface area (Å²) in [7, 11) is -2.70. The van der Waals surface area contributed by atoms with E-state index in [1.54, 1.807) is 0 Å². The van der Waals surface area contributed by atoms with Gasteiger partial charge in [-0.3, -0.25) is 0 Å². The molecule has 0 unspecified atom stereocenters. The fraction of sp³-hybridized carbons (Fsp3) is 0.0704. The maximum absolute atomic E-state index is 2.70. The molecule has 0 N–H and O–H groups in total. The Kier molecular flexibility index (Phi) is 9.77. The molecule has 0 fully saturated rings. The average Bonchev–Trinajstić information content (AvgIpc) is 4.00. The summed E-state index contributed by atoms with van der Waals surface area (Å²) in [6.07, 6.45) is 0. The molecular weight excluding hydrogens is 895 g/mol. The molecule has 0 atom stereocenters. The topological polar surface area (TPSA) is 3.24 Å². The molecule has 0 saturated carbocycles. The van der Waals surface area contributed by atoms with Gasteiger partial charge in [0.05, 0.1) is 5.69 Å². The Bertz CT molecular complexity index is 3890. The van der Waals surface area contributed by atoms with Crippen molar-refractivity contribution in [1.82, 2.24) is 0 Å². The Hall–Kier alpha value is -8.56. The predicted molar refractivity (Wildman–Crippen MR) is 310 cm³/mol. The van der Waals surface area contributed by atoms with E-state index in [1.165, 1.54) is 104 Å². The lowest BCUT2D eigenvalue weighted by molar-refractivity contribution is 0.660. The van der Waals surface area contributed by atoms with Crippen LogP contribution in [0.1, 0.15) is 48.6 Å². The summed E-state index contributed by atoms with van der Waals surface area (Å²) in [6.45, 7) is 7.18. The van der Waals surface area contributed by atoms with Crippen molar-refractivity contribution in [2.24, 2.45) is 0 Å². The lowest BCUT2D eigenvalue weighted by atomic mass is 9.74. The summed E-state index contributed by atoms with van der Waals surface area (Å²) < 4.78 is 0. The van der Waals surface area contributed by atoms with Crippen LogP contribution in [0.2, 0.25) is 0 Å². The first-order valence-electron chi connectivity index (χ1n) is 25.7. The lowest BCUT2D eigenvalue weighted by Gasteiger charge is -2.33. The third-order valence-electron chi connectivity index (χ3n) is 16.8. The molecule has 0 saturated heterocycles. The molecule has 0 amide bonds. The summed E-state index contributed by atoms with van der Waals surface area (Å²) in [5, 5.41) is 5.71. The van der Waals surface area contributed by atoms with Crippen LogP contribution in [-0.2, 0) is 10.8 Å². The number of nitrogens with zero attached hydrogens (tertiary/aromatic N) is 1. The van der Waals surface area contributed by atoms with E-state index in [0.717, 1.165) is 17.1 Å². The van der Waals surface area contributed by atoms with E-state index >= 15 is 0 Å². The van der Waals surface area contributed by atoms with Crippen LogP contribution in [0.15, 0.2) is 267 Å². The molecule has 0 spiro atoms. The van der Waals surface area contributed by atoms with Gasteiger partial charge in [0.1, 0.15) is 0 Å². The first-order chi connectivity index (χ1) is 35.8. The molecule has 2 aliphatic carbocycles. The minimum atomic E-state index is -2.70. The van der Waals surface area contributed by atoms with Crippen LogP contribution in [0.5, 0.6) is 0 Å². The van der Waals surface area contributed by atoms with Gasteiger partial charge in [0, 0.05) is 27.8 Å². The van der Waals surface area contributed by atoms with Crippen LogP contribution < -0.4 is 25.6 Å². The van der Waals surface area contributed by atoms with E-state index in [4.69, 9.17) is 0 Å². The van der Waals surface area contributed by atoms with Crippen molar-refractivity contribution in [3.8, 4) is 55.6 Å². The quantitative estimate of drug-likeness (QED) is 0.137. The average molecular weight is 948 g/mol. The molecule has 0 aromatic heterocycles. The Morgan fingerprint density at radius 1 is 0.301 bits per heavy atom. The molecule has 1 heterocycles. The zero-order valence-corrected chi connectivity index (χ0v) is 42.4. The molecule has 0 radical (unpaired) electrons. The molecule has 73 heavy (non-hydrogen) atoms. The standard InChI is InChI=1S/C71H53NSi/c1-70(2)63-35-15-10-30-56(63)59-42-41-53(47-66(59)70)72(52-26-21-25-51(46-52)71(3)64-36-16-11-31-57(64)58-32-12-17-37-65(58)71)67-43-40-50(45-62(67)48-22-6-4-7-23-48)49-24-20-29-55(44-49)73(54-27-8-5-9-28-54)68-38-18-13-33-60(68)61-34-14-19-39-69(61)73/h4-47H,1-3H3. The highest BCUT2D eigenvalue weighted by Gasteiger charge is 2.48. The SMILES string of the molecule is CC1(C)c2ccccc2-c2ccc(N(c3cccc(C4(C)c5ccccc5-c5ccccc54)c3)c3ccc(-c4cccc([Si]5(c6ccccc6)c6ccccc6-c6ccccc65)c4)cc3-c3ccccc3)cc21. The number of hydrogen-bond acceptors (Lipinski definition) is 1. The molecule has 346 valence electrons. The van der Waals surface area contributed by atoms with E-state index in [2.05, 4.69) is 293 Å². The number of benzene rings is 11. The number of hydrogen-bond donors (Lipinski definition) is 0. The van der Waals surface area contributed by atoms with Gasteiger partial charge in [-0.05, 0) is 142 Å². The first kappa shape index (κ1) is 43.2. The largest absolute Gasteiger partial charge is 0.310 e. The van der Waals surface area contributed by atoms with Crippen molar-refractivity contribution in [2.45, 2.75) is 31.6 Å².